The number of nitrogens with one attached hydrogen (secondary N) is 1. The second-order valence-electron chi connectivity index (χ2n) is 3.64. The predicted molar refractivity (Wildman–Crippen MR) is 73.5 cm³/mol. The third-order valence-electron chi connectivity index (χ3n) is 2.17. The van der Waals surface area contributed by atoms with E-state index < -0.39 is 0 Å². The van der Waals surface area contributed by atoms with E-state index in [0.717, 1.165) is 17.9 Å². The minimum Gasteiger partial charge on any atom is -0.467 e. The highest BCUT2D eigenvalue weighted by Crippen LogP contribution is 2.25. The van der Waals surface area contributed by atoms with Crippen molar-refractivity contribution in [1.29, 1.82) is 0 Å². The van der Waals surface area contributed by atoms with Gasteiger partial charge in [0.2, 0.25) is 11.1 Å². The number of ether oxygens (including phenoxy) is 1. The van der Waals surface area contributed by atoms with E-state index in [0.29, 0.717) is 17.1 Å². The molecule has 2 heterocycles. The Bertz CT molecular complexity index is 523. The third kappa shape index (κ3) is 4.06. The molecule has 6 nitrogen and oxygen atoms in total. The molecule has 0 aliphatic heterocycles. The Balaban J connectivity index is 2.19. The van der Waals surface area contributed by atoms with Crippen molar-refractivity contribution in [2.75, 3.05) is 19.0 Å². The second kappa shape index (κ2) is 6.89. The summed E-state index contributed by atoms with van der Waals surface area (Å²) in [4.78, 5) is 17.7. The van der Waals surface area contributed by atoms with Crippen LogP contribution >= 0.6 is 11.8 Å². The normalized spacial score (nSPS) is 10.2. The molecule has 7 heteroatoms. The molecule has 0 bridgehead atoms. The third-order valence-corrected chi connectivity index (χ3v) is 3.04. The van der Waals surface area contributed by atoms with Gasteiger partial charge >= 0.3 is 6.01 Å². The average molecular weight is 277 g/mol. The van der Waals surface area contributed by atoms with Crippen molar-refractivity contribution in [2.24, 2.45) is 0 Å². The van der Waals surface area contributed by atoms with Crippen LogP contribution in [-0.4, -0.2) is 33.6 Å². The molecule has 100 valence electrons. The molecule has 0 unspecified atom stereocenters. The van der Waals surface area contributed by atoms with E-state index in [1.165, 1.54) is 11.8 Å². The SMILES string of the molecule is CCCNc1nc(OC)nc(Sc2ccncc2)n1. The van der Waals surface area contributed by atoms with Gasteiger partial charge in [-0.15, -0.1) is 0 Å². The van der Waals surface area contributed by atoms with Gasteiger partial charge in [-0.2, -0.15) is 15.0 Å². The number of pyridine rings is 1. The number of hydrogen-bond donors (Lipinski definition) is 1. The smallest absolute Gasteiger partial charge is 0.321 e. The predicted octanol–water partition coefficient (Wildman–Crippen LogP) is 2.25. The summed E-state index contributed by atoms with van der Waals surface area (Å²) in [6.45, 7) is 2.89. The first-order valence-corrected chi connectivity index (χ1v) is 6.75. The van der Waals surface area contributed by atoms with Crippen LogP contribution in [0.1, 0.15) is 13.3 Å². The van der Waals surface area contributed by atoms with Crippen molar-refractivity contribution in [3.05, 3.63) is 24.5 Å². The molecule has 0 aliphatic carbocycles. The highest BCUT2D eigenvalue weighted by Gasteiger charge is 2.07. The van der Waals surface area contributed by atoms with Gasteiger partial charge in [0.1, 0.15) is 0 Å². The topological polar surface area (TPSA) is 72.8 Å². The quantitative estimate of drug-likeness (QED) is 0.868. The molecule has 0 radical (unpaired) electrons. The van der Waals surface area contributed by atoms with Crippen LogP contribution in [0.5, 0.6) is 6.01 Å². The molecule has 2 aromatic rings. The summed E-state index contributed by atoms with van der Waals surface area (Å²) < 4.78 is 5.09. The molecule has 1 N–H and O–H groups in total. The molecule has 19 heavy (non-hydrogen) atoms. The van der Waals surface area contributed by atoms with Gasteiger partial charge in [0.25, 0.3) is 0 Å². The van der Waals surface area contributed by atoms with Crippen molar-refractivity contribution < 1.29 is 4.74 Å². The van der Waals surface area contributed by atoms with E-state index in [4.69, 9.17) is 4.74 Å². The lowest BCUT2D eigenvalue weighted by Crippen LogP contribution is -2.07. The highest BCUT2D eigenvalue weighted by molar-refractivity contribution is 7.99. The van der Waals surface area contributed by atoms with Crippen LogP contribution in [0.4, 0.5) is 5.95 Å². The molecule has 0 saturated carbocycles. The Morgan fingerprint density at radius 2 is 2.00 bits per heavy atom. The Kier molecular flexibility index (Phi) is 4.91. The number of aromatic nitrogens is 4. The Hall–Kier alpha value is -1.89. The van der Waals surface area contributed by atoms with E-state index in [9.17, 15) is 0 Å². The molecule has 0 fully saturated rings. The summed E-state index contributed by atoms with van der Waals surface area (Å²) in [5.74, 6) is 0.533. The number of hydrogen-bond acceptors (Lipinski definition) is 7. The Morgan fingerprint density at radius 1 is 1.21 bits per heavy atom. The fourth-order valence-corrected chi connectivity index (χ4v) is 2.03. The first kappa shape index (κ1) is 13.5. The monoisotopic (exact) mass is 277 g/mol. The first-order chi connectivity index (χ1) is 9.31. The minimum atomic E-state index is 0.310. The molecule has 0 atom stereocenters. The van der Waals surface area contributed by atoms with Crippen molar-refractivity contribution >= 4 is 17.7 Å². The summed E-state index contributed by atoms with van der Waals surface area (Å²) >= 11 is 1.44. The van der Waals surface area contributed by atoms with Crippen LogP contribution in [0.15, 0.2) is 34.6 Å². The zero-order valence-corrected chi connectivity index (χ0v) is 11.6. The van der Waals surface area contributed by atoms with Gasteiger partial charge in [-0.1, -0.05) is 6.92 Å². The minimum absolute atomic E-state index is 0.310. The maximum Gasteiger partial charge on any atom is 0.321 e. The summed E-state index contributed by atoms with van der Waals surface area (Å²) in [5.41, 5.74) is 0. The fourth-order valence-electron chi connectivity index (χ4n) is 1.30. The van der Waals surface area contributed by atoms with Crippen LogP contribution in [0.25, 0.3) is 0 Å². The van der Waals surface area contributed by atoms with Crippen LogP contribution in [0, 0.1) is 0 Å². The van der Waals surface area contributed by atoms with E-state index in [1.54, 1.807) is 19.5 Å². The second-order valence-corrected chi connectivity index (χ2v) is 4.68. The van der Waals surface area contributed by atoms with Gasteiger partial charge in [0.15, 0.2) is 0 Å². The molecule has 0 aromatic carbocycles. The summed E-state index contributed by atoms with van der Waals surface area (Å²) in [6, 6.07) is 4.12. The zero-order chi connectivity index (χ0) is 13.5. The average Bonchev–Trinajstić information content (AvgIpc) is 2.46. The van der Waals surface area contributed by atoms with E-state index >= 15 is 0 Å². The standard InChI is InChI=1S/C12H15N5OS/c1-3-6-14-10-15-11(18-2)17-12(16-10)19-9-4-7-13-8-5-9/h4-5,7-8H,3,6H2,1-2H3,(H,14,15,16,17). The zero-order valence-electron chi connectivity index (χ0n) is 10.8. The van der Waals surface area contributed by atoms with Gasteiger partial charge in [-0.05, 0) is 30.3 Å². The van der Waals surface area contributed by atoms with Gasteiger partial charge in [-0.25, -0.2) is 0 Å². The summed E-state index contributed by atoms with van der Waals surface area (Å²) in [5, 5.41) is 3.72. The van der Waals surface area contributed by atoms with Crippen LogP contribution in [0.3, 0.4) is 0 Å². The van der Waals surface area contributed by atoms with E-state index in [1.807, 2.05) is 12.1 Å². The molecule has 0 amide bonds. The van der Waals surface area contributed by atoms with Crippen molar-refractivity contribution in [1.82, 2.24) is 19.9 Å². The van der Waals surface area contributed by atoms with Gasteiger partial charge in [0.05, 0.1) is 7.11 Å². The van der Waals surface area contributed by atoms with Crippen LogP contribution in [0.2, 0.25) is 0 Å². The Morgan fingerprint density at radius 3 is 2.68 bits per heavy atom. The lowest BCUT2D eigenvalue weighted by atomic mass is 10.5. The van der Waals surface area contributed by atoms with E-state index in [2.05, 4.69) is 32.2 Å². The largest absolute Gasteiger partial charge is 0.467 e. The van der Waals surface area contributed by atoms with Crippen molar-refractivity contribution in [2.45, 2.75) is 23.4 Å². The summed E-state index contributed by atoms with van der Waals surface area (Å²) in [7, 11) is 1.54. The fraction of sp³-hybridized carbons (Fsp3) is 0.333. The maximum absolute atomic E-state index is 5.09. The Labute approximate surface area is 116 Å². The van der Waals surface area contributed by atoms with Crippen LogP contribution < -0.4 is 10.1 Å². The summed E-state index contributed by atoms with van der Waals surface area (Å²) in [6.07, 6.45) is 4.47. The van der Waals surface area contributed by atoms with E-state index in [-0.39, 0.29) is 0 Å². The molecule has 0 spiro atoms. The molecule has 2 aromatic heterocycles. The molecular formula is C12H15N5OS. The van der Waals surface area contributed by atoms with Gasteiger partial charge in [-0.3, -0.25) is 4.98 Å². The molecule has 2 rings (SSSR count). The maximum atomic E-state index is 5.09. The van der Waals surface area contributed by atoms with Crippen molar-refractivity contribution in [3.63, 3.8) is 0 Å². The van der Waals surface area contributed by atoms with Crippen molar-refractivity contribution in [3.8, 4) is 6.01 Å². The van der Waals surface area contributed by atoms with Gasteiger partial charge < -0.3 is 10.1 Å². The number of anilines is 1. The lowest BCUT2D eigenvalue weighted by Gasteiger charge is -2.06. The molecular weight excluding hydrogens is 262 g/mol. The number of rotatable bonds is 6. The number of nitrogens with zero attached hydrogens (tertiary/aromatic N) is 4. The number of methoxy groups -OCH3 is 1. The molecule has 0 saturated heterocycles. The first-order valence-electron chi connectivity index (χ1n) is 5.93. The highest BCUT2D eigenvalue weighted by atomic mass is 32.2. The van der Waals surface area contributed by atoms with Crippen LogP contribution in [-0.2, 0) is 0 Å². The molecule has 0 aliphatic rings. The van der Waals surface area contributed by atoms with Gasteiger partial charge in [0, 0.05) is 23.8 Å². The lowest BCUT2D eigenvalue weighted by molar-refractivity contribution is 0.373.